The minimum atomic E-state index is -0.462. The van der Waals surface area contributed by atoms with Crippen LogP contribution in [-0.2, 0) is 4.74 Å². The average molecular weight is 342 g/mol. The van der Waals surface area contributed by atoms with Crippen molar-refractivity contribution in [2.45, 2.75) is 45.3 Å². The van der Waals surface area contributed by atoms with Crippen LogP contribution in [-0.4, -0.2) is 40.7 Å². The third-order valence-electron chi connectivity index (χ3n) is 4.30. The summed E-state index contributed by atoms with van der Waals surface area (Å²) in [6, 6.07) is 8.22. The molecule has 0 unspecified atom stereocenters. The summed E-state index contributed by atoms with van der Waals surface area (Å²) in [6.45, 7) is 7.01. The number of amides is 1. The number of piperidine rings is 1. The number of carbonyl (C=O) groups excluding carboxylic acids is 1. The summed E-state index contributed by atoms with van der Waals surface area (Å²) in [5, 5.41) is 4.58. The Kier molecular flexibility index (Phi) is 4.70. The number of hydrogen-bond acceptors (Lipinski definition) is 5. The van der Waals surface area contributed by atoms with Gasteiger partial charge in [-0.05, 0) is 39.7 Å². The van der Waals surface area contributed by atoms with Crippen LogP contribution in [0.2, 0.25) is 0 Å². The van der Waals surface area contributed by atoms with E-state index in [0.29, 0.717) is 18.8 Å². The van der Waals surface area contributed by atoms with Crippen molar-refractivity contribution in [3.8, 4) is 0 Å². The summed E-state index contributed by atoms with van der Waals surface area (Å²) in [5.74, 6) is 0. The lowest BCUT2D eigenvalue weighted by molar-refractivity contribution is 0.0210. The molecule has 1 fully saturated rings. The Labute approximate surface area is 148 Å². The molecule has 25 heavy (non-hydrogen) atoms. The van der Waals surface area contributed by atoms with Gasteiger partial charge in [-0.2, -0.15) is 0 Å². The summed E-state index contributed by atoms with van der Waals surface area (Å²) in [7, 11) is 0. The highest BCUT2D eigenvalue weighted by Crippen LogP contribution is 2.29. The minimum Gasteiger partial charge on any atom is -0.444 e. The smallest absolute Gasteiger partial charge is 0.410 e. The second kappa shape index (κ2) is 6.78. The summed E-state index contributed by atoms with van der Waals surface area (Å²) < 4.78 is 5.45. The lowest BCUT2D eigenvalue weighted by Gasteiger charge is -2.34. The molecule has 134 valence electrons. The lowest BCUT2D eigenvalue weighted by atomic mass is 10.0. The number of rotatable bonds is 2. The molecule has 2 heterocycles. The van der Waals surface area contributed by atoms with Crippen LogP contribution < -0.4 is 11.1 Å². The standard InChI is InChI=1S/C19H26N4O2/c1-19(2,3)25-18(24)23-10-8-13(9-11-23)22-17-14-6-4-5-7-16(14)21-12-15(17)20/h4-7,12-13H,8-11,20H2,1-3H3,(H,21,22). The number of nitrogens with one attached hydrogen (secondary N) is 1. The van der Waals surface area contributed by atoms with E-state index in [1.54, 1.807) is 11.1 Å². The largest absolute Gasteiger partial charge is 0.444 e. The molecule has 0 spiro atoms. The second-order valence-electron chi connectivity index (χ2n) is 7.49. The fourth-order valence-electron chi connectivity index (χ4n) is 3.05. The van der Waals surface area contributed by atoms with Gasteiger partial charge in [0.05, 0.1) is 23.1 Å². The van der Waals surface area contributed by atoms with Crippen LogP contribution in [0, 0.1) is 0 Å². The van der Waals surface area contributed by atoms with Gasteiger partial charge in [0.1, 0.15) is 5.60 Å². The maximum absolute atomic E-state index is 12.2. The second-order valence-corrected chi connectivity index (χ2v) is 7.49. The van der Waals surface area contributed by atoms with Crippen molar-refractivity contribution >= 4 is 28.4 Å². The first-order valence-electron chi connectivity index (χ1n) is 8.71. The van der Waals surface area contributed by atoms with Crippen molar-refractivity contribution < 1.29 is 9.53 Å². The van der Waals surface area contributed by atoms with E-state index in [1.807, 2.05) is 45.0 Å². The fourth-order valence-corrected chi connectivity index (χ4v) is 3.05. The topological polar surface area (TPSA) is 80.5 Å². The quantitative estimate of drug-likeness (QED) is 0.871. The number of aromatic nitrogens is 1. The minimum absolute atomic E-state index is 0.236. The molecule has 1 aliphatic heterocycles. The number of likely N-dealkylation sites (tertiary alicyclic amines) is 1. The first-order chi connectivity index (χ1) is 11.8. The predicted octanol–water partition coefficient (Wildman–Crippen LogP) is 3.63. The molecule has 6 heteroatoms. The Morgan fingerprint density at radius 1 is 1.28 bits per heavy atom. The van der Waals surface area contributed by atoms with Crippen molar-refractivity contribution in [3.05, 3.63) is 30.5 Å². The number of nitrogens with zero attached hydrogens (tertiary/aromatic N) is 2. The van der Waals surface area contributed by atoms with E-state index in [4.69, 9.17) is 10.5 Å². The molecule has 6 nitrogen and oxygen atoms in total. The highest BCUT2D eigenvalue weighted by molar-refractivity contribution is 5.96. The lowest BCUT2D eigenvalue weighted by Crippen LogP contribution is -2.44. The maximum atomic E-state index is 12.2. The molecule has 3 rings (SSSR count). The number of para-hydroxylation sites is 1. The number of nitrogen functional groups attached to an aromatic ring is 1. The molecule has 1 aliphatic rings. The zero-order valence-corrected chi connectivity index (χ0v) is 15.1. The van der Waals surface area contributed by atoms with Crippen LogP contribution in [0.1, 0.15) is 33.6 Å². The number of carbonyl (C=O) groups is 1. The van der Waals surface area contributed by atoms with Gasteiger partial charge in [-0.25, -0.2) is 4.79 Å². The molecule has 0 aliphatic carbocycles. The van der Waals surface area contributed by atoms with Gasteiger partial charge < -0.3 is 20.7 Å². The van der Waals surface area contributed by atoms with Gasteiger partial charge in [-0.15, -0.1) is 0 Å². The monoisotopic (exact) mass is 342 g/mol. The Balaban J connectivity index is 1.65. The molecular weight excluding hydrogens is 316 g/mol. The highest BCUT2D eigenvalue weighted by Gasteiger charge is 2.27. The highest BCUT2D eigenvalue weighted by atomic mass is 16.6. The number of pyridine rings is 1. The summed E-state index contributed by atoms with van der Waals surface area (Å²) in [6.07, 6.45) is 3.17. The molecule has 0 atom stereocenters. The van der Waals surface area contributed by atoms with Gasteiger partial charge in [0.2, 0.25) is 0 Å². The number of anilines is 2. The van der Waals surface area contributed by atoms with E-state index < -0.39 is 5.60 Å². The molecule has 0 saturated carbocycles. The van der Waals surface area contributed by atoms with Crippen molar-refractivity contribution in [1.82, 2.24) is 9.88 Å². The molecular formula is C19H26N4O2. The Morgan fingerprint density at radius 2 is 1.96 bits per heavy atom. The van der Waals surface area contributed by atoms with E-state index in [1.165, 1.54) is 0 Å². The van der Waals surface area contributed by atoms with Gasteiger partial charge >= 0.3 is 6.09 Å². The maximum Gasteiger partial charge on any atom is 0.410 e. The van der Waals surface area contributed by atoms with Crippen LogP contribution >= 0.6 is 0 Å². The van der Waals surface area contributed by atoms with Crippen molar-refractivity contribution in [1.29, 1.82) is 0 Å². The molecule has 1 amide bonds. The number of fused-ring (bicyclic) bond motifs is 1. The number of benzene rings is 1. The Hall–Kier alpha value is -2.50. The van der Waals surface area contributed by atoms with Crippen LogP contribution in [0.3, 0.4) is 0 Å². The molecule has 0 radical (unpaired) electrons. The van der Waals surface area contributed by atoms with E-state index in [2.05, 4.69) is 10.3 Å². The van der Waals surface area contributed by atoms with E-state index in [0.717, 1.165) is 29.4 Å². The summed E-state index contributed by atoms with van der Waals surface area (Å²) in [4.78, 5) is 18.3. The van der Waals surface area contributed by atoms with Crippen LogP contribution in [0.5, 0.6) is 0 Å². The Morgan fingerprint density at radius 3 is 2.64 bits per heavy atom. The third-order valence-corrected chi connectivity index (χ3v) is 4.30. The number of ether oxygens (including phenoxy) is 1. The molecule has 2 aromatic rings. The average Bonchev–Trinajstić information content (AvgIpc) is 2.56. The van der Waals surface area contributed by atoms with Gasteiger partial charge in [0, 0.05) is 24.5 Å². The molecule has 3 N–H and O–H groups in total. The fraction of sp³-hybridized carbons (Fsp3) is 0.474. The van der Waals surface area contributed by atoms with Crippen LogP contribution in [0.4, 0.5) is 16.2 Å². The molecule has 0 bridgehead atoms. The van der Waals surface area contributed by atoms with E-state index >= 15 is 0 Å². The van der Waals surface area contributed by atoms with Crippen molar-refractivity contribution in [2.24, 2.45) is 0 Å². The first-order valence-corrected chi connectivity index (χ1v) is 8.71. The Bertz CT molecular complexity index is 762. The predicted molar refractivity (Wildman–Crippen MR) is 101 cm³/mol. The van der Waals surface area contributed by atoms with E-state index in [-0.39, 0.29) is 12.1 Å². The molecule has 1 saturated heterocycles. The van der Waals surface area contributed by atoms with Crippen molar-refractivity contribution in [3.63, 3.8) is 0 Å². The number of nitrogens with two attached hydrogens (primary N) is 1. The van der Waals surface area contributed by atoms with Crippen LogP contribution in [0.15, 0.2) is 30.5 Å². The summed E-state index contributed by atoms with van der Waals surface area (Å²) >= 11 is 0. The van der Waals surface area contributed by atoms with E-state index in [9.17, 15) is 4.79 Å². The van der Waals surface area contributed by atoms with Gasteiger partial charge in [0.15, 0.2) is 0 Å². The zero-order valence-electron chi connectivity index (χ0n) is 15.1. The number of hydrogen-bond donors (Lipinski definition) is 2. The van der Waals surface area contributed by atoms with Gasteiger partial charge in [-0.3, -0.25) is 4.98 Å². The zero-order chi connectivity index (χ0) is 18.0. The van der Waals surface area contributed by atoms with Crippen LogP contribution in [0.25, 0.3) is 10.9 Å². The molecule has 1 aromatic heterocycles. The van der Waals surface area contributed by atoms with Gasteiger partial charge in [-0.1, -0.05) is 18.2 Å². The summed E-state index contributed by atoms with van der Waals surface area (Å²) in [5.41, 5.74) is 8.18. The SMILES string of the molecule is CC(C)(C)OC(=O)N1CCC(Nc2c(N)cnc3ccccc23)CC1. The van der Waals surface area contributed by atoms with Crippen molar-refractivity contribution in [2.75, 3.05) is 24.1 Å². The normalized spacial score (nSPS) is 16.0. The first kappa shape index (κ1) is 17.3. The third kappa shape index (κ3) is 4.13. The van der Waals surface area contributed by atoms with Gasteiger partial charge in [0.25, 0.3) is 0 Å². The molecule has 1 aromatic carbocycles.